The normalized spacial score (nSPS) is 23.8. The van der Waals surface area contributed by atoms with Gasteiger partial charge in [-0.1, -0.05) is 36.6 Å². The number of hydrogen-bond donors (Lipinski definition) is 0. The van der Waals surface area contributed by atoms with E-state index in [-0.39, 0.29) is 29.5 Å². The van der Waals surface area contributed by atoms with Crippen LogP contribution in [-0.2, 0) is 14.6 Å². The molecule has 0 radical (unpaired) electrons. The van der Waals surface area contributed by atoms with Crippen LogP contribution in [0, 0.1) is 0 Å². The summed E-state index contributed by atoms with van der Waals surface area (Å²) in [5, 5.41) is 0.655. The van der Waals surface area contributed by atoms with Gasteiger partial charge in [-0.05, 0) is 43.0 Å². The minimum atomic E-state index is -3.01. The van der Waals surface area contributed by atoms with Gasteiger partial charge in [0.05, 0.1) is 11.5 Å². The van der Waals surface area contributed by atoms with Crippen LogP contribution < -0.4 is 0 Å². The third-order valence-electron chi connectivity index (χ3n) is 4.86. The third kappa shape index (κ3) is 4.19. The number of carbonyl (C=O) groups excluding carboxylic acids is 1. The first-order chi connectivity index (χ1) is 11.4. The van der Waals surface area contributed by atoms with Crippen molar-refractivity contribution in [2.24, 2.45) is 0 Å². The van der Waals surface area contributed by atoms with Gasteiger partial charge in [0.1, 0.15) is 0 Å². The summed E-state index contributed by atoms with van der Waals surface area (Å²) in [4.78, 5) is 14.6. The molecule has 1 aromatic rings. The highest BCUT2D eigenvalue weighted by molar-refractivity contribution is 7.91. The van der Waals surface area contributed by atoms with E-state index in [4.69, 9.17) is 11.6 Å². The second-order valence-corrected chi connectivity index (χ2v) is 9.29. The molecular weight excluding hydrogens is 346 g/mol. The average molecular weight is 368 g/mol. The van der Waals surface area contributed by atoms with Gasteiger partial charge in [0.25, 0.3) is 0 Å². The van der Waals surface area contributed by atoms with Gasteiger partial charge in [0.2, 0.25) is 5.91 Å². The van der Waals surface area contributed by atoms with Crippen molar-refractivity contribution < 1.29 is 13.2 Å². The quantitative estimate of drug-likeness (QED) is 0.767. The van der Waals surface area contributed by atoms with E-state index in [0.717, 1.165) is 31.2 Å². The molecule has 1 aromatic carbocycles. The number of amides is 1. The van der Waals surface area contributed by atoms with Crippen LogP contribution in [0.1, 0.15) is 37.7 Å². The zero-order chi connectivity index (χ0) is 17.2. The predicted molar refractivity (Wildman–Crippen MR) is 96.6 cm³/mol. The second-order valence-electron chi connectivity index (χ2n) is 6.63. The fourth-order valence-corrected chi connectivity index (χ4v) is 5.50. The first-order valence-electron chi connectivity index (χ1n) is 8.41. The van der Waals surface area contributed by atoms with Gasteiger partial charge < -0.3 is 4.90 Å². The molecule has 0 bridgehead atoms. The van der Waals surface area contributed by atoms with Crippen LogP contribution in [0.4, 0.5) is 0 Å². The van der Waals surface area contributed by atoms with E-state index in [0.29, 0.717) is 11.4 Å². The lowest BCUT2D eigenvalue weighted by Gasteiger charge is -2.33. The van der Waals surface area contributed by atoms with E-state index >= 15 is 0 Å². The molecule has 3 rings (SSSR count). The summed E-state index contributed by atoms with van der Waals surface area (Å²) in [6.45, 7) is 0. The van der Waals surface area contributed by atoms with Crippen LogP contribution in [-0.4, -0.2) is 42.8 Å². The first-order valence-corrected chi connectivity index (χ1v) is 10.6. The Morgan fingerprint density at radius 1 is 1.08 bits per heavy atom. The lowest BCUT2D eigenvalue weighted by atomic mass is 10.1. The third-order valence-corrected chi connectivity index (χ3v) is 6.87. The largest absolute Gasteiger partial charge is 0.332 e. The Kier molecular flexibility index (Phi) is 5.30. The Morgan fingerprint density at radius 3 is 2.33 bits per heavy atom. The molecule has 24 heavy (non-hydrogen) atoms. The number of rotatable bonds is 4. The van der Waals surface area contributed by atoms with Crippen LogP contribution in [0.25, 0.3) is 6.08 Å². The van der Waals surface area contributed by atoms with E-state index in [1.807, 2.05) is 17.0 Å². The summed E-state index contributed by atoms with van der Waals surface area (Å²) >= 11 is 5.87. The molecule has 1 amide bonds. The molecule has 2 aliphatic rings. The van der Waals surface area contributed by atoms with Crippen LogP contribution in [0.5, 0.6) is 0 Å². The number of sulfone groups is 1. The minimum absolute atomic E-state index is 0.0843. The van der Waals surface area contributed by atoms with Crippen molar-refractivity contribution in [3.05, 3.63) is 40.9 Å². The van der Waals surface area contributed by atoms with Gasteiger partial charge in [-0.15, -0.1) is 0 Å². The summed E-state index contributed by atoms with van der Waals surface area (Å²) in [6, 6.07) is 7.26. The van der Waals surface area contributed by atoms with Crippen LogP contribution in [0.3, 0.4) is 0 Å². The Hall–Kier alpha value is -1.33. The molecule has 0 N–H and O–H groups in total. The van der Waals surface area contributed by atoms with Gasteiger partial charge in [0.15, 0.2) is 9.84 Å². The number of halogens is 1. The smallest absolute Gasteiger partial charge is 0.247 e. The fraction of sp³-hybridized carbons (Fsp3) is 0.500. The summed E-state index contributed by atoms with van der Waals surface area (Å²) in [7, 11) is -3.01. The highest BCUT2D eigenvalue weighted by Crippen LogP contribution is 2.29. The standard InChI is InChI=1S/C18H22ClNO3S/c19-15-8-5-14(6-9-15)7-10-18(21)20(16-3-1-2-4-16)17-11-12-24(22,23)13-17/h5-10,16-17H,1-4,11-13H2/b10-7+. The molecule has 6 heteroatoms. The maximum Gasteiger partial charge on any atom is 0.247 e. The van der Waals surface area contributed by atoms with Crippen molar-refractivity contribution in [2.45, 2.75) is 44.2 Å². The average Bonchev–Trinajstić information content (AvgIpc) is 3.17. The molecule has 2 fully saturated rings. The van der Waals surface area contributed by atoms with E-state index in [1.54, 1.807) is 24.3 Å². The molecule has 1 saturated heterocycles. The number of carbonyl (C=O) groups is 1. The Balaban J connectivity index is 1.77. The molecule has 1 saturated carbocycles. The van der Waals surface area contributed by atoms with Gasteiger partial charge in [-0.25, -0.2) is 8.42 Å². The van der Waals surface area contributed by atoms with E-state index in [1.165, 1.54) is 0 Å². The Bertz CT molecular complexity index is 721. The molecule has 1 aliphatic carbocycles. The minimum Gasteiger partial charge on any atom is -0.332 e. The molecule has 0 spiro atoms. The Morgan fingerprint density at radius 2 is 1.75 bits per heavy atom. The summed E-state index contributed by atoms with van der Waals surface area (Å²) in [5.74, 6) is 0.206. The number of hydrogen-bond acceptors (Lipinski definition) is 3. The summed E-state index contributed by atoms with van der Waals surface area (Å²) in [5.41, 5.74) is 0.901. The van der Waals surface area contributed by atoms with E-state index in [9.17, 15) is 13.2 Å². The molecule has 1 aliphatic heterocycles. The molecule has 0 aromatic heterocycles. The highest BCUT2D eigenvalue weighted by atomic mass is 35.5. The number of benzene rings is 1. The zero-order valence-corrected chi connectivity index (χ0v) is 15.1. The van der Waals surface area contributed by atoms with E-state index < -0.39 is 9.84 Å². The fourth-order valence-electron chi connectivity index (χ4n) is 3.66. The van der Waals surface area contributed by atoms with Gasteiger partial charge in [-0.3, -0.25) is 4.79 Å². The van der Waals surface area contributed by atoms with Crippen molar-refractivity contribution in [2.75, 3.05) is 11.5 Å². The molecule has 130 valence electrons. The SMILES string of the molecule is O=C(/C=C/c1ccc(Cl)cc1)N(C1CCCC1)C1CCS(=O)(=O)C1. The van der Waals surface area contributed by atoms with Crippen molar-refractivity contribution in [1.29, 1.82) is 0 Å². The Labute approximate surface area is 148 Å². The maximum atomic E-state index is 12.8. The second kappa shape index (κ2) is 7.28. The summed E-state index contributed by atoms with van der Waals surface area (Å²) in [6.07, 6.45) is 8.04. The molecule has 1 unspecified atom stereocenters. The molecule has 4 nitrogen and oxygen atoms in total. The highest BCUT2D eigenvalue weighted by Gasteiger charge is 2.38. The molecular formula is C18H22ClNO3S. The van der Waals surface area contributed by atoms with Crippen molar-refractivity contribution in [1.82, 2.24) is 4.90 Å². The maximum absolute atomic E-state index is 12.8. The lowest BCUT2D eigenvalue weighted by Crippen LogP contribution is -2.46. The topological polar surface area (TPSA) is 54.5 Å². The first kappa shape index (κ1) is 17.5. The monoisotopic (exact) mass is 367 g/mol. The van der Waals surface area contributed by atoms with Crippen molar-refractivity contribution in [3.63, 3.8) is 0 Å². The number of nitrogens with zero attached hydrogens (tertiary/aromatic N) is 1. The van der Waals surface area contributed by atoms with Crippen LogP contribution in [0.15, 0.2) is 30.3 Å². The van der Waals surface area contributed by atoms with Crippen LogP contribution >= 0.6 is 11.6 Å². The van der Waals surface area contributed by atoms with Crippen LogP contribution in [0.2, 0.25) is 5.02 Å². The van der Waals surface area contributed by atoms with Gasteiger partial charge in [0, 0.05) is 23.2 Å². The lowest BCUT2D eigenvalue weighted by molar-refractivity contribution is -0.130. The van der Waals surface area contributed by atoms with Gasteiger partial charge in [-0.2, -0.15) is 0 Å². The molecule has 1 atom stereocenters. The summed E-state index contributed by atoms with van der Waals surface area (Å²) < 4.78 is 23.7. The molecule has 1 heterocycles. The van der Waals surface area contributed by atoms with E-state index in [2.05, 4.69) is 0 Å². The predicted octanol–water partition coefficient (Wildman–Crippen LogP) is 3.31. The van der Waals surface area contributed by atoms with Crippen molar-refractivity contribution in [3.8, 4) is 0 Å². The van der Waals surface area contributed by atoms with Gasteiger partial charge >= 0.3 is 0 Å². The zero-order valence-electron chi connectivity index (χ0n) is 13.5. The van der Waals surface area contributed by atoms with Crippen molar-refractivity contribution >= 4 is 33.4 Å².